The van der Waals surface area contributed by atoms with Gasteiger partial charge in [0, 0.05) is 10.3 Å². The standard InChI is InChI=1S/C12H9NS/c1-8-13-12-10-5-3-2-4-9(10)6-7-11(12)14-8/h2-7,13H,1H2. The average Bonchev–Trinajstić information content (AvgIpc) is 2.59. The molecule has 0 aliphatic carbocycles. The molecule has 0 atom stereocenters. The van der Waals surface area contributed by atoms with Crippen molar-refractivity contribution >= 4 is 28.2 Å². The summed E-state index contributed by atoms with van der Waals surface area (Å²) in [5.41, 5.74) is 1.21. The number of hydrogen-bond acceptors (Lipinski definition) is 2. The van der Waals surface area contributed by atoms with Gasteiger partial charge in [-0.15, -0.1) is 0 Å². The average molecular weight is 199 g/mol. The quantitative estimate of drug-likeness (QED) is 0.692. The molecule has 0 saturated carbocycles. The Labute approximate surface area is 86.8 Å². The van der Waals surface area contributed by atoms with Crippen LogP contribution >= 0.6 is 11.8 Å². The number of hydrogen-bond donors (Lipinski definition) is 1. The molecule has 2 aromatic rings. The Morgan fingerprint density at radius 2 is 1.93 bits per heavy atom. The molecule has 1 aliphatic rings. The lowest BCUT2D eigenvalue weighted by Gasteiger charge is -2.03. The molecule has 0 saturated heterocycles. The van der Waals surface area contributed by atoms with E-state index < -0.39 is 0 Å². The topological polar surface area (TPSA) is 12.0 Å². The molecule has 0 unspecified atom stereocenters. The van der Waals surface area contributed by atoms with Crippen LogP contribution in [-0.4, -0.2) is 0 Å². The summed E-state index contributed by atoms with van der Waals surface area (Å²) < 4.78 is 0. The van der Waals surface area contributed by atoms with E-state index >= 15 is 0 Å². The van der Waals surface area contributed by atoms with Gasteiger partial charge < -0.3 is 5.32 Å². The molecular formula is C12H9NS. The van der Waals surface area contributed by atoms with Crippen LogP contribution in [0.3, 0.4) is 0 Å². The molecule has 14 heavy (non-hydrogen) atoms. The summed E-state index contributed by atoms with van der Waals surface area (Å²) in [6.45, 7) is 3.93. The third kappa shape index (κ3) is 1.04. The van der Waals surface area contributed by atoms with Gasteiger partial charge in [0.05, 0.1) is 10.7 Å². The van der Waals surface area contributed by atoms with Gasteiger partial charge in [0.2, 0.25) is 0 Å². The van der Waals surface area contributed by atoms with E-state index in [4.69, 9.17) is 0 Å². The van der Waals surface area contributed by atoms with Gasteiger partial charge in [-0.2, -0.15) is 0 Å². The molecule has 1 N–H and O–H groups in total. The van der Waals surface area contributed by atoms with Crippen molar-refractivity contribution in [1.29, 1.82) is 0 Å². The zero-order valence-electron chi connectivity index (χ0n) is 7.58. The van der Waals surface area contributed by atoms with Gasteiger partial charge in [-0.25, -0.2) is 0 Å². The number of rotatable bonds is 0. The normalized spacial score (nSPS) is 14.1. The van der Waals surface area contributed by atoms with Gasteiger partial charge in [-0.05, 0) is 11.5 Å². The molecule has 1 aliphatic heterocycles. The lowest BCUT2D eigenvalue weighted by molar-refractivity contribution is 1.50. The van der Waals surface area contributed by atoms with Crippen LogP contribution in [0.1, 0.15) is 0 Å². The van der Waals surface area contributed by atoms with Crippen LogP contribution in [0.15, 0.2) is 52.9 Å². The van der Waals surface area contributed by atoms with Gasteiger partial charge in [-0.3, -0.25) is 0 Å². The van der Waals surface area contributed by atoms with Gasteiger partial charge in [0.25, 0.3) is 0 Å². The monoisotopic (exact) mass is 199 g/mol. The predicted octanol–water partition coefficient (Wildman–Crippen LogP) is 3.83. The number of nitrogens with one attached hydrogen (secondary N) is 1. The summed E-state index contributed by atoms with van der Waals surface area (Å²) in [5, 5.41) is 6.87. The van der Waals surface area contributed by atoms with E-state index in [1.165, 1.54) is 21.4 Å². The highest BCUT2D eigenvalue weighted by molar-refractivity contribution is 8.03. The molecule has 3 rings (SSSR count). The van der Waals surface area contributed by atoms with E-state index in [0.29, 0.717) is 0 Å². The molecule has 0 fully saturated rings. The van der Waals surface area contributed by atoms with Gasteiger partial charge in [0.15, 0.2) is 0 Å². The molecule has 0 aromatic heterocycles. The van der Waals surface area contributed by atoms with E-state index in [1.807, 2.05) is 0 Å². The molecular weight excluding hydrogens is 190 g/mol. The van der Waals surface area contributed by atoms with Crippen LogP contribution in [-0.2, 0) is 0 Å². The van der Waals surface area contributed by atoms with E-state index in [0.717, 1.165) is 5.03 Å². The number of thioether (sulfide) groups is 1. The molecule has 0 spiro atoms. The van der Waals surface area contributed by atoms with E-state index in [-0.39, 0.29) is 0 Å². The van der Waals surface area contributed by atoms with Gasteiger partial charge in [-0.1, -0.05) is 48.7 Å². The Kier molecular flexibility index (Phi) is 1.58. The zero-order valence-corrected chi connectivity index (χ0v) is 8.40. The van der Waals surface area contributed by atoms with Crippen LogP contribution < -0.4 is 5.32 Å². The van der Waals surface area contributed by atoms with Gasteiger partial charge in [0.1, 0.15) is 0 Å². The molecule has 0 amide bonds. The van der Waals surface area contributed by atoms with Crippen LogP contribution in [0.25, 0.3) is 10.8 Å². The lowest BCUT2D eigenvalue weighted by atomic mass is 10.1. The minimum atomic E-state index is 1.01. The maximum atomic E-state index is 3.93. The smallest absolute Gasteiger partial charge is 0.0701 e. The summed E-state index contributed by atoms with van der Waals surface area (Å²) >= 11 is 1.70. The van der Waals surface area contributed by atoms with E-state index in [2.05, 4.69) is 48.3 Å². The Morgan fingerprint density at radius 1 is 1.07 bits per heavy atom. The van der Waals surface area contributed by atoms with Crippen molar-refractivity contribution in [3.05, 3.63) is 48.0 Å². The summed E-state index contributed by atoms with van der Waals surface area (Å²) in [7, 11) is 0. The van der Waals surface area contributed by atoms with Crippen LogP contribution in [0.2, 0.25) is 0 Å². The third-order valence-electron chi connectivity index (χ3n) is 2.39. The van der Waals surface area contributed by atoms with Crippen molar-refractivity contribution in [2.45, 2.75) is 4.90 Å². The molecule has 68 valence electrons. The predicted molar refractivity (Wildman–Crippen MR) is 62.6 cm³/mol. The fraction of sp³-hybridized carbons (Fsp3) is 0. The molecule has 2 heteroatoms. The minimum absolute atomic E-state index is 1.01. The van der Waals surface area contributed by atoms with Crippen molar-refractivity contribution in [2.24, 2.45) is 0 Å². The second-order valence-corrected chi connectivity index (χ2v) is 4.45. The summed E-state index contributed by atoms with van der Waals surface area (Å²) in [4.78, 5) is 1.27. The van der Waals surface area contributed by atoms with Crippen molar-refractivity contribution in [3.8, 4) is 0 Å². The highest BCUT2D eigenvalue weighted by Crippen LogP contribution is 2.43. The van der Waals surface area contributed by atoms with E-state index in [9.17, 15) is 0 Å². The van der Waals surface area contributed by atoms with Crippen LogP contribution in [0.4, 0.5) is 5.69 Å². The van der Waals surface area contributed by atoms with Crippen molar-refractivity contribution in [1.82, 2.24) is 0 Å². The first kappa shape index (κ1) is 7.94. The third-order valence-corrected chi connectivity index (χ3v) is 3.30. The number of fused-ring (bicyclic) bond motifs is 3. The summed E-state index contributed by atoms with van der Waals surface area (Å²) in [5.74, 6) is 0. The fourth-order valence-corrected chi connectivity index (χ4v) is 2.58. The first-order chi connectivity index (χ1) is 6.84. The first-order valence-electron chi connectivity index (χ1n) is 4.50. The lowest BCUT2D eigenvalue weighted by Crippen LogP contribution is -1.87. The second kappa shape index (κ2) is 2.79. The first-order valence-corrected chi connectivity index (χ1v) is 5.32. The Morgan fingerprint density at radius 3 is 2.86 bits per heavy atom. The number of benzene rings is 2. The van der Waals surface area contributed by atoms with Crippen molar-refractivity contribution in [3.63, 3.8) is 0 Å². The minimum Gasteiger partial charge on any atom is -0.349 e. The van der Waals surface area contributed by atoms with Gasteiger partial charge >= 0.3 is 0 Å². The largest absolute Gasteiger partial charge is 0.349 e. The highest BCUT2D eigenvalue weighted by Gasteiger charge is 2.15. The fourth-order valence-electron chi connectivity index (χ4n) is 1.76. The molecule has 0 bridgehead atoms. The van der Waals surface area contributed by atoms with Crippen molar-refractivity contribution < 1.29 is 0 Å². The maximum absolute atomic E-state index is 3.93. The molecule has 2 aromatic carbocycles. The Hall–Kier alpha value is -1.41. The summed E-state index contributed by atoms with van der Waals surface area (Å²) in [6, 6.07) is 12.7. The zero-order chi connectivity index (χ0) is 9.54. The Balaban J connectivity index is 2.39. The summed E-state index contributed by atoms with van der Waals surface area (Å²) in [6.07, 6.45) is 0. The molecule has 0 radical (unpaired) electrons. The SMILES string of the molecule is C=C1Nc2c(ccc3ccccc23)S1. The molecule has 1 nitrogen and oxygen atoms in total. The second-order valence-electron chi connectivity index (χ2n) is 3.31. The maximum Gasteiger partial charge on any atom is 0.0701 e. The number of anilines is 1. The van der Waals surface area contributed by atoms with Crippen LogP contribution in [0, 0.1) is 0 Å². The molecule has 1 heterocycles. The van der Waals surface area contributed by atoms with E-state index in [1.54, 1.807) is 11.8 Å². The van der Waals surface area contributed by atoms with Crippen LogP contribution in [0.5, 0.6) is 0 Å². The van der Waals surface area contributed by atoms with Crippen molar-refractivity contribution in [2.75, 3.05) is 5.32 Å². The Bertz CT molecular complexity index is 531. The highest BCUT2D eigenvalue weighted by atomic mass is 32.2.